The Morgan fingerprint density at radius 2 is 1.87 bits per heavy atom. The molecule has 2 rings (SSSR count). The summed E-state index contributed by atoms with van der Waals surface area (Å²) in [6.45, 7) is 2.22. The van der Waals surface area contributed by atoms with E-state index in [9.17, 15) is 9.59 Å². The van der Waals surface area contributed by atoms with Crippen LogP contribution >= 0.6 is 23.8 Å². The molecule has 23 heavy (non-hydrogen) atoms. The van der Waals surface area contributed by atoms with E-state index in [2.05, 4.69) is 5.16 Å². The van der Waals surface area contributed by atoms with Crippen LogP contribution in [0.5, 0.6) is 0 Å². The van der Waals surface area contributed by atoms with Crippen LogP contribution in [0, 0.1) is 4.77 Å². The molecule has 7 nitrogen and oxygen atoms in total. The fourth-order valence-corrected chi connectivity index (χ4v) is 2.25. The summed E-state index contributed by atoms with van der Waals surface area (Å²) in [5, 5.41) is 4.17. The van der Waals surface area contributed by atoms with Crippen LogP contribution < -0.4 is 11.4 Å². The first-order chi connectivity index (χ1) is 10.9. The molecule has 0 saturated heterocycles. The molecule has 0 amide bonds. The number of benzene rings is 1. The second-order valence-corrected chi connectivity index (χ2v) is 5.43. The largest absolute Gasteiger partial charge is 0.396 e. The van der Waals surface area contributed by atoms with Crippen LogP contribution in [0.25, 0.3) is 5.69 Å². The van der Waals surface area contributed by atoms with Crippen molar-refractivity contribution in [3.63, 3.8) is 0 Å². The van der Waals surface area contributed by atoms with Gasteiger partial charge in [-0.05, 0) is 37.3 Å². The van der Waals surface area contributed by atoms with Gasteiger partial charge >= 0.3 is 11.4 Å². The summed E-state index contributed by atoms with van der Waals surface area (Å²) in [6.07, 6.45) is 1.42. The van der Waals surface area contributed by atoms with Gasteiger partial charge in [0.2, 0.25) is 0 Å². The van der Waals surface area contributed by atoms with Crippen LogP contribution in [0.4, 0.5) is 0 Å². The molecular formula is C14H15ClN4O3S. The van der Waals surface area contributed by atoms with Gasteiger partial charge in [0.25, 0.3) is 0 Å². The highest BCUT2D eigenvalue weighted by atomic mass is 35.5. The lowest BCUT2D eigenvalue weighted by Crippen LogP contribution is -2.43. The average Bonchev–Trinajstić information content (AvgIpc) is 2.54. The van der Waals surface area contributed by atoms with Gasteiger partial charge in [0, 0.05) is 24.7 Å². The second-order valence-electron chi connectivity index (χ2n) is 4.66. The summed E-state index contributed by atoms with van der Waals surface area (Å²) in [4.78, 5) is 29.6. The zero-order valence-electron chi connectivity index (χ0n) is 12.8. The summed E-state index contributed by atoms with van der Waals surface area (Å²) >= 11 is 11.1. The highest BCUT2D eigenvalue weighted by molar-refractivity contribution is 7.71. The van der Waals surface area contributed by atoms with E-state index in [0.717, 1.165) is 4.57 Å². The second kappa shape index (κ2) is 6.93. The van der Waals surface area contributed by atoms with E-state index < -0.39 is 11.4 Å². The average molecular weight is 355 g/mol. The molecule has 1 aromatic carbocycles. The molecule has 0 aliphatic heterocycles. The van der Waals surface area contributed by atoms with Crippen molar-refractivity contribution >= 4 is 30.0 Å². The van der Waals surface area contributed by atoms with Gasteiger partial charge in [0.05, 0.1) is 11.9 Å². The first-order valence-electron chi connectivity index (χ1n) is 6.72. The Labute approximate surface area is 142 Å². The van der Waals surface area contributed by atoms with E-state index in [1.165, 1.54) is 29.4 Å². The highest BCUT2D eigenvalue weighted by Gasteiger charge is 2.12. The van der Waals surface area contributed by atoms with Crippen LogP contribution in [-0.4, -0.2) is 26.5 Å². The van der Waals surface area contributed by atoms with Gasteiger partial charge in [-0.15, -0.1) is 0 Å². The third-order valence-electron chi connectivity index (χ3n) is 3.16. The normalized spacial score (nSPS) is 11.1. The minimum atomic E-state index is -0.534. The zero-order chi connectivity index (χ0) is 17.1. The fourth-order valence-electron chi connectivity index (χ4n) is 1.93. The molecule has 0 atom stereocenters. The molecule has 1 heterocycles. The lowest BCUT2D eigenvalue weighted by molar-refractivity contribution is 0.160. The molecular weight excluding hydrogens is 340 g/mol. The molecule has 0 radical (unpaired) electrons. The topological polar surface area (TPSA) is 70.5 Å². The van der Waals surface area contributed by atoms with Gasteiger partial charge in [-0.2, -0.15) is 0 Å². The van der Waals surface area contributed by atoms with Gasteiger partial charge < -0.3 is 4.84 Å². The van der Waals surface area contributed by atoms with Gasteiger partial charge in [-0.1, -0.05) is 16.8 Å². The lowest BCUT2D eigenvalue weighted by atomic mass is 10.2. The summed E-state index contributed by atoms with van der Waals surface area (Å²) < 4.78 is 3.60. The van der Waals surface area contributed by atoms with Crippen LogP contribution in [0.3, 0.4) is 0 Å². The van der Waals surface area contributed by atoms with E-state index >= 15 is 0 Å². The number of halogens is 1. The van der Waals surface area contributed by atoms with Crippen molar-refractivity contribution in [3.8, 4) is 5.69 Å². The Balaban J connectivity index is 2.70. The molecule has 0 saturated carbocycles. The molecule has 0 spiro atoms. The van der Waals surface area contributed by atoms with Crippen molar-refractivity contribution in [3.05, 3.63) is 54.5 Å². The quantitative estimate of drug-likeness (QED) is 0.475. The Hall–Kier alpha value is -2.19. The third kappa shape index (κ3) is 3.27. The highest BCUT2D eigenvalue weighted by Crippen LogP contribution is 2.17. The monoisotopic (exact) mass is 354 g/mol. The number of hydrogen-bond acceptors (Lipinski definition) is 5. The first kappa shape index (κ1) is 17.2. The number of aromatic nitrogens is 3. The molecule has 0 bridgehead atoms. The zero-order valence-corrected chi connectivity index (χ0v) is 14.4. The van der Waals surface area contributed by atoms with Crippen LogP contribution in [0.15, 0.2) is 32.9 Å². The van der Waals surface area contributed by atoms with Gasteiger partial charge in [0.15, 0.2) is 4.77 Å². The molecule has 0 unspecified atom stereocenters. The Kier molecular flexibility index (Phi) is 5.17. The lowest BCUT2D eigenvalue weighted by Gasteiger charge is -2.11. The maximum absolute atomic E-state index is 12.4. The molecule has 122 valence electrons. The van der Waals surface area contributed by atoms with Gasteiger partial charge in [-0.25, -0.2) is 14.2 Å². The smallest absolute Gasteiger partial charge is 0.338 e. The van der Waals surface area contributed by atoms with E-state index in [0.29, 0.717) is 22.9 Å². The van der Waals surface area contributed by atoms with Crippen LogP contribution in [0.1, 0.15) is 12.5 Å². The maximum Gasteiger partial charge on any atom is 0.338 e. The van der Waals surface area contributed by atoms with E-state index in [1.54, 1.807) is 25.1 Å². The summed E-state index contributed by atoms with van der Waals surface area (Å²) in [7, 11) is 3.02. The van der Waals surface area contributed by atoms with Crippen LogP contribution in [0.2, 0.25) is 5.02 Å². The van der Waals surface area contributed by atoms with E-state index in [-0.39, 0.29) is 4.77 Å². The minimum Gasteiger partial charge on any atom is -0.396 e. The SMILES string of the molecule is CCON=Cc1cc(-n2c(=O)n(C)c(=S)n(C)c2=O)ccc1Cl. The van der Waals surface area contributed by atoms with Gasteiger partial charge in [-0.3, -0.25) is 9.13 Å². The standard InChI is InChI=1S/C14H15ClN4O3S/c1-4-22-16-8-9-7-10(5-6-11(9)15)19-12(20)17(2)14(23)18(3)13(19)21/h5-8H,4H2,1-3H3. The van der Waals surface area contributed by atoms with Crippen molar-refractivity contribution in [2.75, 3.05) is 6.61 Å². The van der Waals surface area contributed by atoms with Crippen molar-refractivity contribution in [2.45, 2.75) is 6.92 Å². The number of oxime groups is 1. The summed E-state index contributed by atoms with van der Waals surface area (Å²) in [5.74, 6) is 0. The van der Waals surface area contributed by atoms with Crippen molar-refractivity contribution in [1.82, 2.24) is 13.7 Å². The Morgan fingerprint density at radius 3 is 2.43 bits per heavy atom. The van der Waals surface area contributed by atoms with E-state index in [1.807, 2.05) is 0 Å². The fraction of sp³-hybridized carbons (Fsp3) is 0.286. The minimum absolute atomic E-state index is 0.142. The van der Waals surface area contributed by atoms with Crippen molar-refractivity contribution < 1.29 is 4.84 Å². The van der Waals surface area contributed by atoms with Crippen molar-refractivity contribution in [2.24, 2.45) is 19.3 Å². The van der Waals surface area contributed by atoms with Crippen molar-refractivity contribution in [1.29, 1.82) is 0 Å². The molecule has 0 aliphatic rings. The number of nitrogens with zero attached hydrogens (tertiary/aromatic N) is 4. The number of hydrogen-bond donors (Lipinski definition) is 0. The molecule has 2 aromatic rings. The molecule has 9 heteroatoms. The maximum atomic E-state index is 12.4. The predicted molar refractivity (Wildman–Crippen MR) is 91.3 cm³/mol. The summed E-state index contributed by atoms with van der Waals surface area (Å²) in [5.41, 5.74) is -0.179. The third-order valence-corrected chi connectivity index (χ3v) is 4.06. The molecule has 0 N–H and O–H groups in total. The van der Waals surface area contributed by atoms with E-state index in [4.69, 9.17) is 28.7 Å². The molecule has 0 fully saturated rings. The summed E-state index contributed by atoms with van der Waals surface area (Å²) in [6, 6.07) is 4.74. The molecule has 0 aliphatic carbocycles. The Morgan fingerprint density at radius 1 is 1.26 bits per heavy atom. The number of rotatable bonds is 4. The molecule has 1 aromatic heterocycles. The van der Waals surface area contributed by atoms with Gasteiger partial charge in [0.1, 0.15) is 6.61 Å². The van der Waals surface area contributed by atoms with Crippen LogP contribution in [-0.2, 0) is 18.9 Å². The predicted octanol–water partition coefficient (Wildman–Crippen LogP) is 1.63. The first-order valence-corrected chi connectivity index (χ1v) is 7.51. The Bertz CT molecular complexity index is 902.